The van der Waals surface area contributed by atoms with Crippen molar-refractivity contribution in [3.8, 4) is 5.75 Å². The number of benzene rings is 1. The van der Waals surface area contributed by atoms with Gasteiger partial charge in [-0.1, -0.05) is 70.4 Å². The van der Waals surface area contributed by atoms with Crippen molar-refractivity contribution < 1.29 is 73.2 Å². The van der Waals surface area contributed by atoms with E-state index in [-0.39, 0.29) is 17.7 Å². The minimum atomic E-state index is -1.91. The molecule has 0 saturated carbocycles. The summed E-state index contributed by atoms with van der Waals surface area (Å²) in [5.41, 5.74) is 16.4. The first-order valence-corrected chi connectivity index (χ1v) is 23.5. The average Bonchev–Trinajstić information content (AvgIpc) is 3.29. The number of amides is 11. The zero-order valence-corrected chi connectivity index (χ0v) is 40.0. The van der Waals surface area contributed by atoms with E-state index in [0.717, 1.165) is 45.4 Å². The van der Waals surface area contributed by atoms with Gasteiger partial charge in [0.15, 0.2) is 0 Å². The third kappa shape index (κ3) is 22.6. The van der Waals surface area contributed by atoms with E-state index in [4.69, 9.17) is 17.2 Å². The number of nitrogens with one attached hydrogen (secondary N) is 8. The number of aliphatic hydroxyl groups is 3. The Morgan fingerprint density at radius 1 is 0.549 bits per heavy atom. The van der Waals surface area contributed by atoms with Gasteiger partial charge >= 0.3 is 0 Å². The third-order valence-corrected chi connectivity index (χ3v) is 11.3. The Morgan fingerprint density at radius 3 is 1.49 bits per heavy atom. The first-order chi connectivity index (χ1) is 33.6. The van der Waals surface area contributed by atoms with Gasteiger partial charge in [0.1, 0.15) is 48.0 Å². The van der Waals surface area contributed by atoms with E-state index >= 15 is 0 Å². The number of carbonyl (C=O) groups excluding carboxylic acids is 11. The maximum absolute atomic E-state index is 14.0. The van der Waals surface area contributed by atoms with E-state index in [0.29, 0.717) is 12.8 Å². The predicted molar refractivity (Wildman–Crippen MR) is 251 cm³/mol. The molecule has 0 radical (unpaired) electrons. The maximum Gasteiger partial charge on any atom is 0.245 e. The van der Waals surface area contributed by atoms with Crippen LogP contribution in [0.1, 0.15) is 109 Å². The second-order valence-corrected chi connectivity index (χ2v) is 17.4. The van der Waals surface area contributed by atoms with Crippen molar-refractivity contribution in [3.63, 3.8) is 0 Å². The monoisotopic (exact) mass is 1010 g/mol. The van der Waals surface area contributed by atoms with Gasteiger partial charge in [0.2, 0.25) is 65.0 Å². The topological polar surface area (TPSA) is 443 Å². The largest absolute Gasteiger partial charge is 0.508 e. The van der Waals surface area contributed by atoms with Crippen LogP contribution in [-0.4, -0.2) is 153 Å². The Morgan fingerprint density at radius 2 is 0.986 bits per heavy atom. The summed E-state index contributed by atoms with van der Waals surface area (Å²) in [6.07, 6.45) is 1.97. The van der Waals surface area contributed by atoms with Gasteiger partial charge in [-0.2, -0.15) is 0 Å². The summed E-state index contributed by atoms with van der Waals surface area (Å²) < 4.78 is 0. The summed E-state index contributed by atoms with van der Waals surface area (Å²) in [5.74, 6) is -12.6. The average molecular weight is 1010 g/mol. The van der Waals surface area contributed by atoms with Gasteiger partial charge in [-0.05, 0) is 37.5 Å². The predicted octanol–water partition coefficient (Wildman–Crippen LogP) is -4.87. The lowest BCUT2D eigenvalue weighted by Crippen LogP contribution is -2.62. The summed E-state index contributed by atoms with van der Waals surface area (Å²) in [4.78, 5) is 146. The smallest absolute Gasteiger partial charge is 0.245 e. The summed E-state index contributed by atoms with van der Waals surface area (Å²) in [5, 5.41) is 59.4. The summed E-state index contributed by atoms with van der Waals surface area (Å²) in [6.45, 7) is 1.08. The molecular weight excluding hydrogens is 935 g/mol. The zero-order valence-electron chi connectivity index (χ0n) is 40.0. The number of phenolic OH excluding ortho intramolecular Hbond substituents is 1. The van der Waals surface area contributed by atoms with E-state index in [9.17, 15) is 73.2 Å². The van der Waals surface area contributed by atoms with Crippen molar-refractivity contribution in [1.82, 2.24) is 42.5 Å². The van der Waals surface area contributed by atoms with Gasteiger partial charge in [0, 0.05) is 25.3 Å². The van der Waals surface area contributed by atoms with Crippen molar-refractivity contribution in [2.45, 2.75) is 165 Å². The Kier molecular flexibility index (Phi) is 26.6. The maximum atomic E-state index is 14.0. The van der Waals surface area contributed by atoms with Crippen molar-refractivity contribution in [2.24, 2.45) is 17.2 Å². The summed E-state index contributed by atoms with van der Waals surface area (Å²) >= 11 is 0. The van der Waals surface area contributed by atoms with Gasteiger partial charge in [-0.3, -0.25) is 52.7 Å². The molecule has 1 saturated heterocycles. The van der Waals surface area contributed by atoms with Gasteiger partial charge in [0.05, 0.1) is 32.2 Å². The molecule has 1 heterocycles. The number of aromatic hydroxyl groups is 1. The Hall–Kier alpha value is -6.93. The molecule has 0 aliphatic carbocycles. The lowest BCUT2D eigenvalue weighted by molar-refractivity contribution is -0.137. The highest BCUT2D eigenvalue weighted by Crippen LogP contribution is 2.15. The number of hydrogen-bond acceptors (Lipinski definition) is 15. The van der Waals surface area contributed by atoms with Crippen LogP contribution in [0, 0.1) is 0 Å². The van der Waals surface area contributed by atoms with Crippen LogP contribution in [0.3, 0.4) is 0 Å². The second kappa shape index (κ2) is 31.3. The Balaban J connectivity index is 2.71. The van der Waals surface area contributed by atoms with Gasteiger partial charge in [0.25, 0.3) is 0 Å². The number of unbranched alkanes of at least 4 members (excludes halogenated alkanes) is 7. The van der Waals surface area contributed by atoms with Crippen LogP contribution in [0.25, 0.3) is 0 Å². The van der Waals surface area contributed by atoms with Crippen LogP contribution < -0.4 is 59.7 Å². The fourth-order valence-electron chi connectivity index (χ4n) is 7.38. The highest BCUT2D eigenvalue weighted by Gasteiger charge is 2.36. The zero-order chi connectivity index (χ0) is 53.2. The molecule has 1 aliphatic rings. The van der Waals surface area contributed by atoms with E-state index in [1.807, 2.05) is 0 Å². The molecule has 26 heteroatoms. The second-order valence-electron chi connectivity index (χ2n) is 17.4. The standard InChI is InChI=1S/C45H71N11O15/c1-3-4-5-6-7-8-9-10-11-26-19-37(64)50-32(22-57)43(69)51-28(16-17-34(46)61)39(65)53-30(20-35(47)62)41(67)52-29(18-25-12-14-27(60)15-13-25)40(66)54-31(21-36(48)63)42(68)55-33(23-58)44(70)56-38(24(2)59)45(71)49-26/h12-15,24,26,28-33,38,57-60H,3-11,16-23H2,1-2H3,(H2,46,61)(H2,47,62)(H2,48,63)(H,49,71)(H,50,64)(H,51,69)(H,52,67)(H,53,65)(H,54,66)(H,55,68)(H,56,70)/t24-,26?,28+,29-,30+,31+,32+,33-,38+/m1/s1. The third-order valence-electron chi connectivity index (χ3n) is 11.3. The van der Waals surface area contributed by atoms with Gasteiger partial charge < -0.3 is 80.2 Å². The van der Waals surface area contributed by atoms with Gasteiger partial charge in [-0.25, -0.2) is 0 Å². The molecule has 1 fully saturated rings. The van der Waals surface area contributed by atoms with E-state index in [2.05, 4.69) is 49.5 Å². The summed E-state index contributed by atoms with van der Waals surface area (Å²) in [6, 6.07) is -8.51. The van der Waals surface area contributed by atoms with Crippen molar-refractivity contribution >= 4 is 65.0 Å². The molecule has 1 aliphatic heterocycles. The molecule has 18 N–H and O–H groups in total. The van der Waals surface area contributed by atoms with E-state index in [1.165, 1.54) is 24.3 Å². The lowest BCUT2D eigenvalue weighted by atomic mass is 10.0. The molecule has 2 rings (SSSR count). The highest BCUT2D eigenvalue weighted by molar-refractivity contribution is 6.00. The van der Waals surface area contributed by atoms with E-state index < -0.39 is 171 Å². The van der Waals surface area contributed by atoms with E-state index in [1.54, 1.807) is 0 Å². The lowest BCUT2D eigenvalue weighted by Gasteiger charge is -2.28. The molecule has 71 heavy (non-hydrogen) atoms. The van der Waals surface area contributed by atoms with Crippen LogP contribution in [0.2, 0.25) is 0 Å². The van der Waals surface area contributed by atoms with Crippen LogP contribution >= 0.6 is 0 Å². The molecule has 11 amide bonds. The van der Waals surface area contributed by atoms with Crippen molar-refractivity contribution in [3.05, 3.63) is 29.8 Å². The number of rotatable bonds is 21. The minimum Gasteiger partial charge on any atom is -0.508 e. The van der Waals surface area contributed by atoms with Gasteiger partial charge in [-0.15, -0.1) is 0 Å². The van der Waals surface area contributed by atoms with Crippen LogP contribution in [-0.2, 0) is 59.2 Å². The Bertz CT molecular complexity index is 2010. The first-order valence-electron chi connectivity index (χ1n) is 23.5. The van der Waals surface area contributed by atoms with Crippen molar-refractivity contribution in [1.29, 1.82) is 0 Å². The highest BCUT2D eigenvalue weighted by atomic mass is 16.3. The van der Waals surface area contributed by atoms with Crippen LogP contribution in [0.5, 0.6) is 5.75 Å². The molecule has 0 aromatic heterocycles. The summed E-state index contributed by atoms with van der Waals surface area (Å²) in [7, 11) is 0. The molecule has 0 spiro atoms. The van der Waals surface area contributed by atoms with Crippen molar-refractivity contribution in [2.75, 3.05) is 13.2 Å². The number of aliphatic hydroxyl groups excluding tert-OH is 3. The molecule has 0 bridgehead atoms. The molecule has 1 unspecified atom stereocenters. The minimum absolute atomic E-state index is 0.179. The molecule has 9 atom stereocenters. The quantitative estimate of drug-likeness (QED) is 0.0514. The fourth-order valence-corrected chi connectivity index (χ4v) is 7.38. The Labute approximate surface area is 410 Å². The molecule has 1 aromatic carbocycles. The number of hydrogen-bond donors (Lipinski definition) is 15. The fraction of sp³-hybridized carbons (Fsp3) is 0.622. The number of primary amides is 3. The number of carbonyl (C=O) groups is 11. The molecular formula is C45H71N11O15. The number of phenols is 1. The normalized spacial score (nSPS) is 24.2. The van der Waals surface area contributed by atoms with Crippen LogP contribution in [0.15, 0.2) is 24.3 Å². The first kappa shape index (κ1) is 60.2. The molecule has 396 valence electrons. The molecule has 26 nitrogen and oxygen atoms in total. The molecule has 1 aromatic rings. The van der Waals surface area contributed by atoms with Crippen LogP contribution in [0.4, 0.5) is 0 Å². The SMILES string of the molecule is CCCCCCCCCCC1CC(=O)N[C@@H](CO)C(=O)N[C@@H](CCC(N)=O)C(=O)N[C@@H](CC(N)=O)C(=O)N[C@H](Cc2ccc(O)cc2)C(=O)N[C@@H](CC(N)=O)C(=O)N[C@H](CO)C(=O)N[C@@H]([C@@H](C)O)C(=O)N1. The number of nitrogens with two attached hydrogens (primary N) is 3.